The van der Waals surface area contributed by atoms with Gasteiger partial charge in [0.25, 0.3) is 0 Å². The number of unbranched alkanes of at least 4 members (excludes halogenated alkanes) is 1. The Labute approximate surface area is 211 Å². The van der Waals surface area contributed by atoms with E-state index in [-0.39, 0.29) is 29.0 Å². The van der Waals surface area contributed by atoms with Crippen LogP contribution in [0, 0.1) is 11.8 Å². The van der Waals surface area contributed by atoms with Gasteiger partial charge in [-0.3, -0.25) is 9.59 Å². The van der Waals surface area contributed by atoms with Gasteiger partial charge in [0.15, 0.2) is 5.78 Å². The maximum absolute atomic E-state index is 12.8. The maximum atomic E-state index is 12.8. The Balaban J connectivity index is 1.56. The highest BCUT2D eigenvalue weighted by atomic mass is 16.5. The van der Waals surface area contributed by atoms with Crippen molar-refractivity contribution in [3.63, 3.8) is 0 Å². The third-order valence-corrected chi connectivity index (χ3v) is 8.67. The van der Waals surface area contributed by atoms with Crippen LogP contribution < -0.4 is 5.32 Å². The maximum Gasteiger partial charge on any atom is 0.328 e. The fourth-order valence-corrected chi connectivity index (χ4v) is 6.07. The number of nitrogens with one attached hydrogen (secondary N) is 1. The first kappa shape index (κ1) is 27.4. The van der Waals surface area contributed by atoms with Gasteiger partial charge < -0.3 is 10.1 Å². The van der Waals surface area contributed by atoms with Crippen molar-refractivity contribution in [2.45, 2.75) is 116 Å². The molecule has 1 N–H and O–H groups in total. The molecule has 5 heteroatoms. The number of ketones is 1. The number of carbonyl (C=O) groups excluding carboxylic acids is 3. The van der Waals surface area contributed by atoms with Crippen LogP contribution in [-0.4, -0.2) is 30.8 Å². The lowest BCUT2D eigenvalue weighted by Gasteiger charge is -2.41. The monoisotopic (exact) mass is 483 g/mol. The summed E-state index contributed by atoms with van der Waals surface area (Å²) in [5, 5.41) is 2.95. The molecule has 0 bridgehead atoms. The van der Waals surface area contributed by atoms with Gasteiger partial charge in [0, 0.05) is 18.4 Å². The first-order valence-electron chi connectivity index (χ1n) is 13.7. The molecule has 1 fully saturated rings. The molecule has 0 spiro atoms. The number of Topliss-reactive ketones (excluding diaryl/α,β-unsaturated/α-hetero) is 1. The Morgan fingerprint density at radius 1 is 1.14 bits per heavy atom. The van der Waals surface area contributed by atoms with E-state index < -0.39 is 6.04 Å². The standard InChI is InChI=1S/C30H45NO4/c1-20(2)23-14-15-25-24(19-23)27(32)17-21(3)30(25,4)16-10-9-13-28(33)31-26(29(34)35-5)18-22-11-7-6-8-12-22/h14-15,19-22,26H,6-13,16-18H2,1-5H3,(H,31,33)/t21-,26+,30+/m1/s1. The summed E-state index contributed by atoms with van der Waals surface area (Å²) in [7, 11) is 1.39. The summed E-state index contributed by atoms with van der Waals surface area (Å²) < 4.78 is 4.97. The molecule has 0 unspecified atom stereocenters. The van der Waals surface area contributed by atoms with Gasteiger partial charge in [0.05, 0.1) is 7.11 Å². The lowest BCUT2D eigenvalue weighted by molar-refractivity contribution is -0.145. The third kappa shape index (κ3) is 6.74. The molecular weight excluding hydrogens is 438 g/mol. The Morgan fingerprint density at radius 2 is 1.86 bits per heavy atom. The molecule has 0 aliphatic heterocycles. The molecule has 1 aromatic rings. The zero-order valence-corrected chi connectivity index (χ0v) is 22.5. The Morgan fingerprint density at radius 3 is 2.51 bits per heavy atom. The highest BCUT2D eigenvalue weighted by molar-refractivity contribution is 5.99. The molecule has 0 heterocycles. The number of carbonyl (C=O) groups is 3. The van der Waals surface area contributed by atoms with Crippen molar-refractivity contribution < 1.29 is 19.1 Å². The van der Waals surface area contributed by atoms with Gasteiger partial charge in [-0.2, -0.15) is 0 Å². The molecule has 0 aromatic heterocycles. The lowest BCUT2D eigenvalue weighted by Crippen LogP contribution is -2.43. The Kier molecular flexibility index (Phi) is 9.54. The quantitative estimate of drug-likeness (QED) is 0.305. The zero-order valence-electron chi connectivity index (χ0n) is 22.5. The molecule has 5 nitrogen and oxygen atoms in total. The van der Waals surface area contributed by atoms with Gasteiger partial charge in [-0.05, 0) is 59.6 Å². The average molecular weight is 484 g/mol. The number of hydrogen-bond acceptors (Lipinski definition) is 4. The minimum atomic E-state index is -0.542. The molecule has 3 rings (SSSR count). The van der Waals surface area contributed by atoms with Gasteiger partial charge in [-0.15, -0.1) is 0 Å². The first-order valence-corrected chi connectivity index (χ1v) is 13.7. The molecule has 1 amide bonds. The summed E-state index contributed by atoms with van der Waals surface area (Å²) in [4.78, 5) is 37.8. The molecule has 0 saturated heterocycles. The summed E-state index contributed by atoms with van der Waals surface area (Å²) >= 11 is 0. The van der Waals surface area contributed by atoms with Crippen LogP contribution >= 0.6 is 0 Å². The van der Waals surface area contributed by atoms with E-state index in [1.54, 1.807) is 0 Å². The van der Waals surface area contributed by atoms with E-state index in [9.17, 15) is 14.4 Å². The minimum absolute atomic E-state index is 0.0739. The van der Waals surface area contributed by atoms with Gasteiger partial charge in [-0.1, -0.05) is 78.4 Å². The second-order valence-corrected chi connectivity index (χ2v) is 11.5. The first-order chi connectivity index (χ1) is 16.7. The van der Waals surface area contributed by atoms with Crippen molar-refractivity contribution >= 4 is 17.7 Å². The van der Waals surface area contributed by atoms with Gasteiger partial charge in [-0.25, -0.2) is 4.79 Å². The number of esters is 1. The van der Waals surface area contributed by atoms with E-state index >= 15 is 0 Å². The number of amides is 1. The van der Waals surface area contributed by atoms with Gasteiger partial charge >= 0.3 is 5.97 Å². The van der Waals surface area contributed by atoms with Crippen LogP contribution in [0.4, 0.5) is 0 Å². The number of fused-ring (bicyclic) bond motifs is 1. The molecular formula is C30H45NO4. The van der Waals surface area contributed by atoms with Gasteiger partial charge in [0.1, 0.15) is 6.04 Å². The average Bonchev–Trinajstić information content (AvgIpc) is 2.85. The number of benzene rings is 1. The van der Waals surface area contributed by atoms with Crippen molar-refractivity contribution in [3.8, 4) is 0 Å². The van der Waals surface area contributed by atoms with E-state index in [1.165, 1.54) is 31.9 Å². The molecule has 0 radical (unpaired) electrons. The molecule has 1 saturated carbocycles. The molecule has 35 heavy (non-hydrogen) atoms. The molecule has 1 aromatic carbocycles. The van der Waals surface area contributed by atoms with Crippen LogP contribution in [0.25, 0.3) is 0 Å². The molecule has 2 aliphatic rings. The normalized spacial score (nSPS) is 23.6. The number of hydrogen-bond donors (Lipinski definition) is 1. The van der Waals surface area contributed by atoms with E-state index in [4.69, 9.17) is 4.74 Å². The largest absolute Gasteiger partial charge is 0.467 e. The van der Waals surface area contributed by atoms with Crippen LogP contribution in [0.3, 0.4) is 0 Å². The Hall–Kier alpha value is -2.17. The second-order valence-electron chi connectivity index (χ2n) is 11.5. The minimum Gasteiger partial charge on any atom is -0.467 e. The lowest BCUT2D eigenvalue weighted by atomic mass is 9.62. The summed E-state index contributed by atoms with van der Waals surface area (Å²) in [6.45, 7) is 8.76. The van der Waals surface area contributed by atoms with Crippen molar-refractivity contribution in [1.82, 2.24) is 5.32 Å². The number of rotatable bonds is 10. The van der Waals surface area contributed by atoms with Crippen LogP contribution in [0.2, 0.25) is 0 Å². The Bertz CT molecular complexity index is 902. The second kappa shape index (κ2) is 12.2. The van der Waals surface area contributed by atoms with Crippen molar-refractivity contribution in [2.75, 3.05) is 7.11 Å². The van der Waals surface area contributed by atoms with E-state index in [2.05, 4.69) is 51.2 Å². The highest BCUT2D eigenvalue weighted by Crippen LogP contribution is 2.45. The van der Waals surface area contributed by atoms with Gasteiger partial charge in [0.2, 0.25) is 5.91 Å². The van der Waals surface area contributed by atoms with Crippen LogP contribution in [0.1, 0.15) is 126 Å². The predicted molar refractivity (Wildman–Crippen MR) is 140 cm³/mol. The van der Waals surface area contributed by atoms with Crippen LogP contribution in [0.5, 0.6) is 0 Å². The third-order valence-electron chi connectivity index (χ3n) is 8.67. The molecule has 194 valence electrons. The summed E-state index contributed by atoms with van der Waals surface area (Å²) in [6.07, 6.45) is 10.2. The smallest absolute Gasteiger partial charge is 0.328 e. The van der Waals surface area contributed by atoms with Crippen molar-refractivity contribution in [1.29, 1.82) is 0 Å². The highest BCUT2D eigenvalue weighted by Gasteiger charge is 2.40. The fraction of sp³-hybridized carbons (Fsp3) is 0.700. The van der Waals surface area contributed by atoms with Crippen molar-refractivity contribution in [2.24, 2.45) is 11.8 Å². The zero-order chi connectivity index (χ0) is 25.6. The fourth-order valence-electron chi connectivity index (χ4n) is 6.07. The van der Waals surface area contributed by atoms with Crippen molar-refractivity contribution in [3.05, 3.63) is 34.9 Å². The van der Waals surface area contributed by atoms with Crippen LogP contribution in [0.15, 0.2) is 18.2 Å². The van der Waals surface area contributed by atoms with E-state index in [0.29, 0.717) is 31.1 Å². The van der Waals surface area contributed by atoms with E-state index in [0.717, 1.165) is 43.2 Å². The molecule has 2 aliphatic carbocycles. The topological polar surface area (TPSA) is 72.5 Å². The van der Waals surface area contributed by atoms with Crippen LogP contribution in [-0.2, 0) is 19.7 Å². The predicted octanol–water partition coefficient (Wildman–Crippen LogP) is 6.48. The summed E-state index contributed by atoms with van der Waals surface area (Å²) in [6, 6.07) is 5.88. The summed E-state index contributed by atoms with van der Waals surface area (Å²) in [5.41, 5.74) is 3.18. The van der Waals surface area contributed by atoms with E-state index in [1.807, 2.05) is 0 Å². The number of methoxy groups -OCH3 is 1. The number of ether oxygens (including phenoxy) is 1. The summed E-state index contributed by atoms with van der Waals surface area (Å²) in [5.74, 6) is 0.979. The molecule has 3 atom stereocenters. The SMILES string of the molecule is COC(=O)[C@H](CC1CCCCC1)NC(=O)CCCC[C@]1(C)c2ccc(C(C)C)cc2C(=O)C[C@H]1C.